The number of carbonyl (C=O) groups is 1. The number of esters is 1. The van der Waals surface area contributed by atoms with E-state index in [4.69, 9.17) is 4.74 Å². The normalized spacial score (nSPS) is 14.8. The van der Waals surface area contributed by atoms with E-state index in [2.05, 4.69) is 4.98 Å². The molecule has 29 heavy (non-hydrogen) atoms. The number of nitrogens with zero attached hydrogens (tertiary/aromatic N) is 2. The van der Waals surface area contributed by atoms with E-state index in [9.17, 15) is 17.6 Å². The molecule has 0 unspecified atom stereocenters. The maximum atomic E-state index is 13.3. The van der Waals surface area contributed by atoms with Crippen LogP contribution in [0.2, 0.25) is 0 Å². The van der Waals surface area contributed by atoms with Gasteiger partial charge in [0.15, 0.2) is 15.0 Å². The third-order valence-corrected chi connectivity index (χ3v) is 7.52. The number of ether oxygens (including phenoxy) is 1. The molecule has 0 atom stereocenters. The number of fused-ring (bicyclic) bond motifs is 1. The van der Waals surface area contributed by atoms with Crippen molar-refractivity contribution in [3.63, 3.8) is 0 Å². The van der Waals surface area contributed by atoms with Crippen LogP contribution in [-0.4, -0.2) is 44.3 Å². The summed E-state index contributed by atoms with van der Waals surface area (Å²) in [5, 5.41) is 0.750. The summed E-state index contributed by atoms with van der Waals surface area (Å²) in [4.78, 5) is 18.7. The number of halogens is 1. The van der Waals surface area contributed by atoms with Crippen molar-refractivity contribution in [2.24, 2.45) is 0 Å². The minimum atomic E-state index is -3.52. The fraction of sp³-hybridized carbons (Fsp3) is 0.300. The highest BCUT2D eigenvalue weighted by Gasteiger charge is 2.32. The van der Waals surface area contributed by atoms with Gasteiger partial charge in [0, 0.05) is 0 Å². The number of aryl methyl sites for hydroxylation is 1. The first-order chi connectivity index (χ1) is 13.8. The first-order valence-corrected chi connectivity index (χ1v) is 11.6. The first kappa shape index (κ1) is 19.8. The van der Waals surface area contributed by atoms with E-state index < -0.39 is 15.8 Å². The van der Waals surface area contributed by atoms with Crippen molar-refractivity contribution in [2.75, 3.05) is 23.7 Å². The van der Waals surface area contributed by atoms with Gasteiger partial charge >= 0.3 is 5.97 Å². The molecule has 0 saturated carbocycles. The Morgan fingerprint density at radius 3 is 2.69 bits per heavy atom. The quantitative estimate of drug-likeness (QED) is 0.554. The highest BCUT2D eigenvalue weighted by molar-refractivity contribution is 7.91. The number of carbonyl (C=O) groups excluding carboxylic acids is 1. The van der Waals surface area contributed by atoms with Crippen LogP contribution in [-0.2, 0) is 19.4 Å². The topological polar surface area (TPSA) is 76.6 Å². The van der Waals surface area contributed by atoms with Crippen molar-refractivity contribution in [3.8, 4) is 0 Å². The summed E-state index contributed by atoms with van der Waals surface area (Å²) in [5.41, 5.74) is 1.70. The van der Waals surface area contributed by atoms with Gasteiger partial charge in [-0.1, -0.05) is 29.0 Å². The van der Waals surface area contributed by atoms with Gasteiger partial charge in [-0.3, -0.25) is 4.79 Å². The Labute approximate surface area is 171 Å². The predicted octanol–water partition coefficient (Wildman–Crippen LogP) is 3.34. The summed E-state index contributed by atoms with van der Waals surface area (Å²) in [7, 11) is -3.52. The van der Waals surface area contributed by atoms with Crippen molar-refractivity contribution >= 4 is 42.5 Å². The van der Waals surface area contributed by atoms with Gasteiger partial charge in [0.05, 0.1) is 40.4 Å². The summed E-state index contributed by atoms with van der Waals surface area (Å²) in [6, 6.07) is 11.0. The molecule has 9 heteroatoms. The molecule has 4 rings (SSSR count). The molecule has 0 bridgehead atoms. The van der Waals surface area contributed by atoms with Crippen LogP contribution in [0, 0.1) is 12.7 Å². The molecule has 1 aliphatic rings. The molecule has 1 aliphatic heterocycles. The van der Waals surface area contributed by atoms with Crippen LogP contribution in [0.5, 0.6) is 0 Å². The number of sulfone groups is 1. The van der Waals surface area contributed by atoms with Gasteiger partial charge in [-0.15, -0.1) is 0 Å². The second kappa shape index (κ2) is 7.72. The maximum absolute atomic E-state index is 13.3. The molecule has 3 aromatic rings. The molecule has 2 aromatic carbocycles. The van der Waals surface area contributed by atoms with Crippen molar-refractivity contribution in [1.29, 1.82) is 0 Å². The molecule has 6 nitrogen and oxygen atoms in total. The van der Waals surface area contributed by atoms with Crippen molar-refractivity contribution in [3.05, 3.63) is 53.8 Å². The zero-order chi connectivity index (χ0) is 20.6. The van der Waals surface area contributed by atoms with Gasteiger partial charge in [-0.05, 0) is 37.3 Å². The molecule has 0 radical (unpaired) electrons. The maximum Gasteiger partial charge on any atom is 0.307 e. The fourth-order valence-electron chi connectivity index (χ4n) is 3.02. The van der Waals surface area contributed by atoms with E-state index >= 15 is 0 Å². The Balaban J connectivity index is 1.27. The molecule has 1 aromatic heterocycles. The first-order valence-electron chi connectivity index (χ1n) is 9.10. The van der Waals surface area contributed by atoms with Crippen LogP contribution in [0.25, 0.3) is 10.2 Å². The lowest BCUT2D eigenvalue weighted by atomic mass is 10.2. The monoisotopic (exact) mass is 434 g/mol. The van der Waals surface area contributed by atoms with E-state index in [0.29, 0.717) is 13.1 Å². The number of hydrogen-bond acceptors (Lipinski definition) is 7. The summed E-state index contributed by atoms with van der Waals surface area (Å²) in [5.74, 6) is -1.12. The molecule has 0 aliphatic carbocycles. The second-order valence-corrected chi connectivity index (χ2v) is 10.1. The Hall–Kier alpha value is -2.52. The number of anilines is 1. The largest absolute Gasteiger partial charge is 0.459 e. The number of thiazole rings is 1. The van der Waals surface area contributed by atoms with Crippen molar-refractivity contribution in [1.82, 2.24) is 4.98 Å². The molecule has 2 heterocycles. The molecule has 0 amide bonds. The van der Waals surface area contributed by atoms with E-state index in [-0.39, 0.29) is 29.0 Å². The molecule has 0 spiro atoms. The number of rotatable bonds is 6. The summed E-state index contributed by atoms with van der Waals surface area (Å²) in [6.45, 7) is 2.85. The standard InChI is InChI=1S/C20H19FN2O4S2/c1-13-2-5-16(6-3-13)29(25,26)9-8-19(24)27-15-11-23(12-15)20-22-17-7-4-14(21)10-18(17)28-20/h2-7,10,15H,8-9,11-12H2,1H3. The minimum Gasteiger partial charge on any atom is -0.459 e. The highest BCUT2D eigenvalue weighted by Crippen LogP contribution is 2.32. The van der Waals surface area contributed by atoms with Gasteiger partial charge in [-0.2, -0.15) is 0 Å². The average molecular weight is 435 g/mol. The minimum absolute atomic E-state index is 0.187. The number of aromatic nitrogens is 1. The number of benzene rings is 2. The average Bonchev–Trinajstić information content (AvgIpc) is 3.05. The Kier molecular flexibility index (Phi) is 5.26. The lowest BCUT2D eigenvalue weighted by molar-refractivity contribution is -0.149. The zero-order valence-electron chi connectivity index (χ0n) is 15.7. The van der Waals surface area contributed by atoms with Gasteiger partial charge in [0.1, 0.15) is 11.9 Å². The summed E-state index contributed by atoms with van der Waals surface area (Å²) >= 11 is 1.38. The molecule has 1 saturated heterocycles. The lowest BCUT2D eigenvalue weighted by Gasteiger charge is -2.38. The lowest BCUT2D eigenvalue weighted by Crippen LogP contribution is -2.53. The van der Waals surface area contributed by atoms with Gasteiger partial charge < -0.3 is 9.64 Å². The van der Waals surface area contributed by atoms with Crippen molar-refractivity contribution in [2.45, 2.75) is 24.3 Å². The van der Waals surface area contributed by atoms with E-state index in [0.717, 1.165) is 20.9 Å². The summed E-state index contributed by atoms with van der Waals surface area (Å²) < 4.78 is 44.0. The van der Waals surface area contributed by atoms with Crippen LogP contribution < -0.4 is 4.90 Å². The van der Waals surface area contributed by atoms with E-state index in [1.165, 1.54) is 23.5 Å². The molecule has 0 N–H and O–H groups in total. The van der Waals surface area contributed by atoms with Gasteiger partial charge in [0.25, 0.3) is 0 Å². The molecular formula is C20H19FN2O4S2. The Bertz CT molecular complexity index is 1150. The van der Waals surface area contributed by atoms with Gasteiger partial charge in [0.2, 0.25) is 0 Å². The Morgan fingerprint density at radius 2 is 1.97 bits per heavy atom. The molecule has 1 fully saturated rings. The highest BCUT2D eigenvalue weighted by atomic mass is 32.2. The van der Waals surface area contributed by atoms with Crippen LogP contribution in [0.1, 0.15) is 12.0 Å². The van der Waals surface area contributed by atoms with Gasteiger partial charge in [-0.25, -0.2) is 17.8 Å². The van der Waals surface area contributed by atoms with Crippen LogP contribution in [0.15, 0.2) is 47.4 Å². The predicted molar refractivity (Wildman–Crippen MR) is 110 cm³/mol. The Morgan fingerprint density at radius 1 is 1.24 bits per heavy atom. The van der Waals surface area contributed by atoms with E-state index in [1.54, 1.807) is 30.3 Å². The summed E-state index contributed by atoms with van der Waals surface area (Å²) in [6.07, 6.45) is -0.485. The fourth-order valence-corrected chi connectivity index (χ4v) is 5.25. The molecule has 152 valence electrons. The molecular weight excluding hydrogens is 415 g/mol. The van der Waals surface area contributed by atoms with Crippen LogP contribution >= 0.6 is 11.3 Å². The van der Waals surface area contributed by atoms with Crippen LogP contribution in [0.4, 0.5) is 9.52 Å². The van der Waals surface area contributed by atoms with Crippen LogP contribution in [0.3, 0.4) is 0 Å². The third-order valence-electron chi connectivity index (χ3n) is 4.71. The number of hydrogen-bond donors (Lipinski definition) is 0. The smallest absolute Gasteiger partial charge is 0.307 e. The zero-order valence-corrected chi connectivity index (χ0v) is 17.3. The van der Waals surface area contributed by atoms with Crippen molar-refractivity contribution < 1.29 is 22.3 Å². The third kappa shape index (κ3) is 4.40. The SMILES string of the molecule is Cc1ccc(S(=O)(=O)CCC(=O)OC2CN(c3nc4ccc(F)cc4s3)C2)cc1. The van der Waals surface area contributed by atoms with E-state index in [1.807, 2.05) is 11.8 Å². The second-order valence-electron chi connectivity index (χ2n) is 7.01.